The molecule has 1 fully saturated rings. The second-order valence-corrected chi connectivity index (χ2v) is 7.73. The monoisotopic (exact) mass is 395 g/mol. The normalized spacial score (nSPS) is 14.4. The molecule has 1 amide bonds. The molecule has 26 heavy (non-hydrogen) atoms. The number of carbonyl (C=O) groups is 1. The highest BCUT2D eigenvalue weighted by atomic mass is 35.5. The van der Waals surface area contributed by atoms with Crippen molar-refractivity contribution in [1.82, 2.24) is 10.2 Å². The molecule has 0 radical (unpaired) electrons. The third-order valence-corrected chi connectivity index (χ3v) is 5.44. The Hall–Kier alpha value is -2.09. The molecule has 2 aromatic carbocycles. The molecule has 0 spiro atoms. The van der Waals surface area contributed by atoms with Gasteiger partial charge >= 0.3 is 0 Å². The summed E-state index contributed by atoms with van der Waals surface area (Å²) in [6.07, 6.45) is 0. The summed E-state index contributed by atoms with van der Waals surface area (Å²) >= 11 is 0. The van der Waals surface area contributed by atoms with Gasteiger partial charge in [-0.3, -0.25) is 9.52 Å². The van der Waals surface area contributed by atoms with E-state index in [1.165, 1.54) is 12.1 Å². The van der Waals surface area contributed by atoms with Crippen molar-refractivity contribution < 1.29 is 13.2 Å². The number of benzene rings is 2. The van der Waals surface area contributed by atoms with E-state index in [2.05, 4.69) is 10.0 Å². The molecule has 2 aromatic rings. The first-order valence-electron chi connectivity index (χ1n) is 8.15. The molecule has 0 atom stereocenters. The highest BCUT2D eigenvalue weighted by molar-refractivity contribution is 7.92. The molecule has 8 heteroatoms. The zero-order chi connectivity index (χ0) is 17.9. The van der Waals surface area contributed by atoms with Crippen molar-refractivity contribution >= 4 is 34.0 Å². The molecule has 0 aromatic heterocycles. The second kappa shape index (κ2) is 8.53. The zero-order valence-electron chi connectivity index (χ0n) is 14.4. The Bertz CT molecular complexity index is 881. The number of nitrogens with zero attached hydrogens (tertiary/aromatic N) is 1. The number of sulfonamides is 1. The molecule has 2 N–H and O–H groups in total. The number of nitrogens with one attached hydrogen (secondary N) is 2. The van der Waals surface area contributed by atoms with Crippen molar-refractivity contribution in [3.8, 4) is 0 Å². The Morgan fingerprint density at radius 1 is 1.08 bits per heavy atom. The van der Waals surface area contributed by atoms with Crippen LogP contribution in [0, 0.1) is 6.92 Å². The number of hydrogen-bond acceptors (Lipinski definition) is 4. The maximum Gasteiger partial charge on any atom is 0.261 e. The SMILES string of the molecule is Cc1cccc(NS(=O)(=O)c2cccc(C(=O)N3CCNCC3)c2)c1.Cl. The zero-order valence-corrected chi connectivity index (χ0v) is 16.1. The largest absolute Gasteiger partial charge is 0.336 e. The molecule has 0 bridgehead atoms. The van der Waals surface area contributed by atoms with Crippen molar-refractivity contribution in [3.63, 3.8) is 0 Å². The Morgan fingerprint density at radius 2 is 1.77 bits per heavy atom. The first-order chi connectivity index (χ1) is 12.0. The molecule has 1 saturated heterocycles. The molecule has 1 heterocycles. The second-order valence-electron chi connectivity index (χ2n) is 6.05. The number of amides is 1. The van der Waals surface area contributed by atoms with Crippen molar-refractivity contribution in [2.75, 3.05) is 30.9 Å². The minimum absolute atomic E-state index is 0. The highest BCUT2D eigenvalue weighted by Crippen LogP contribution is 2.19. The highest BCUT2D eigenvalue weighted by Gasteiger charge is 2.21. The summed E-state index contributed by atoms with van der Waals surface area (Å²) in [6, 6.07) is 13.3. The lowest BCUT2D eigenvalue weighted by Gasteiger charge is -2.27. The standard InChI is InChI=1S/C18H21N3O3S.ClH/c1-14-4-2-6-16(12-14)20-25(23,24)17-7-3-5-15(13-17)18(22)21-10-8-19-9-11-21;/h2-7,12-13,19-20H,8-11H2,1H3;1H. The van der Waals surface area contributed by atoms with Crippen LogP contribution < -0.4 is 10.0 Å². The number of anilines is 1. The maximum atomic E-state index is 12.6. The smallest absolute Gasteiger partial charge is 0.261 e. The van der Waals surface area contributed by atoms with Gasteiger partial charge < -0.3 is 10.2 Å². The molecule has 0 aliphatic carbocycles. The van der Waals surface area contributed by atoms with Crippen LogP contribution in [0.4, 0.5) is 5.69 Å². The summed E-state index contributed by atoms with van der Waals surface area (Å²) in [4.78, 5) is 14.4. The Labute approximate surface area is 160 Å². The van der Waals surface area contributed by atoms with Crippen LogP contribution in [0.1, 0.15) is 15.9 Å². The number of hydrogen-bond donors (Lipinski definition) is 2. The van der Waals surface area contributed by atoms with E-state index in [-0.39, 0.29) is 23.2 Å². The van der Waals surface area contributed by atoms with Crippen molar-refractivity contribution in [1.29, 1.82) is 0 Å². The average molecular weight is 396 g/mol. The van der Waals surface area contributed by atoms with Gasteiger partial charge in [-0.25, -0.2) is 8.42 Å². The predicted molar refractivity (Wildman–Crippen MR) is 104 cm³/mol. The van der Waals surface area contributed by atoms with Crippen LogP contribution in [0.2, 0.25) is 0 Å². The van der Waals surface area contributed by atoms with Crippen LogP contribution >= 0.6 is 12.4 Å². The first kappa shape index (κ1) is 20.2. The Balaban J connectivity index is 0.00000243. The van der Waals surface area contributed by atoms with Gasteiger partial charge in [0.15, 0.2) is 0 Å². The van der Waals surface area contributed by atoms with Crippen LogP contribution in [0.15, 0.2) is 53.4 Å². The number of piperazine rings is 1. The number of carbonyl (C=O) groups excluding carboxylic acids is 1. The molecule has 0 unspecified atom stereocenters. The van der Waals surface area contributed by atoms with E-state index in [0.29, 0.717) is 24.3 Å². The minimum atomic E-state index is -3.75. The van der Waals surface area contributed by atoms with Gasteiger partial charge in [-0.05, 0) is 42.8 Å². The van der Waals surface area contributed by atoms with Crippen molar-refractivity contribution in [2.24, 2.45) is 0 Å². The summed E-state index contributed by atoms with van der Waals surface area (Å²) in [5, 5.41) is 3.19. The maximum absolute atomic E-state index is 12.6. The summed E-state index contributed by atoms with van der Waals surface area (Å²) in [5.74, 6) is -0.144. The third-order valence-electron chi connectivity index (χ3n) is 4.07. The topological polar surface area (TPSA) is 78.5 Å². The molecule has 1 aliphatic heterocycles. The van der Waals surface area contributed by atoms with Crippen LogP contribution in [0.25, 0.3) is 0 Å². The van der Waals surface area contributed by atoms with Gasteiger partial charge in [0.1, 0.15) is 0 Å². The van der Waals surface area contributed by atoms with Gasteiger partial charge in [0.25, 0.3) is 15.9 Å². The van der Waals surface area contributed by atoms with Crippen molar-refractivity contribution in [3.05, 3.63) is 59.7 Å². The van der Waals surface area contributed by atoms with E-state index in [1.54, 1.807) is 35.2 Å². The minimum Gasteiger partial charge on any atom is -0.336 e. The van der Waals surface area contributed by atoms with Gasteiger partial charge in [0.05, 0.1) is 4.90 Å². The Morgan fingerprint density at radius 3 is 2.46 bits per heavy atom. The molecule has 140 valence electrons. The lowest BCUT2D eigenvalue weighted by atomic mass is 10.2. The van der Waals surface area contributed by atoms with Crippen LogP contribution in [0.5, 0.6) is 0 Å². The number of rotatable bonds is 4. The predicted octanol–water partition coefficient (Wildman–Crippen LogP) is 2.26. The van der Waals surface area contributed by atoms with Gasteiger partial charge in [-0.15, -0.1) is 12.4 Å². The van der Waals surface area contributed by atoms with E-state index in [4.69, 9.17) is 0 Å². The molecular formula is C18H22ClN3O3S. The molecular weight excluding hydrogens is 374 g/mol. The summed E-state index contributed by atoms with van der Waals surface area (Å²) in [7, 11) is -3.75. The molecule has 3 rings (SSSR count). The first-order valence-corrected chi connectivity index (χ1v) is 9.63. The summed E-state index contributed by atoms with van der Waals surface area (Å²) in [5.41, 5.74) is 1.84. The Kier molecular flexibility index (Phi) is 6.63. The average Bonchev–Trinajstić information content (AvgIpc) is 2.61. The number of halogens is 1. The fourth-order valence-electron chi connectivity index (χ4n) is 2.77. The van der Waals surface area contributed by atoms with Crippen LogP contribution in [-0.2, 0) is 10.0 Å². The quantitative estimate of drug-likeness (QED) is 0.832. The van der Waals surface area contributed by atoms with Crippen LogP contribution in [0.3, 0.4) is 0 Å². The summed E-state index contributed by atoms with van der Waals surface area (Å²) < 4.78 is 27.8. The van der Waals surface area contributed by atoms with Gasteiger partial charge in [0.2, 0.25) is 0 Å². The summed E-state index contributed by atoms with van der Waals surface area (Å²) in [6.45, 7) is 4.64. The number of aryl methyl sites for hydroxylation is 1. The van der Waals surface area contributed by atoms with E-state index >= 15 is 0 Å². The lowest BCUT2D eigenvalue weighted by Crippen LogP contribution is -2.46. The molecule has 1 aliphatic rings. The van der Waals surface area contributed by atoms with E-state index in [1.807, 2.05) is 13.0 Å². The fraction of sp³-hybridized carbons (Fsp3) is 0.278. The van der Waals surface area contributed by atoms with Gasteiger partial charge in [-0.1, -0.05) is 18.2 Å². The molecule has 6 nitrogen and oxygen atoms in total. The fourth-order valence-corrected chi connectivity index (χ4v) is 3.86. The molecule has 0 saturated carbocycles. The van der Waals surface area contributed by atoms with E-state index < -0.39 is 10.0 Å². The van der Waals surface area contributed by atoms with E-state index in [0.717, 1.165) is 18.7 Å². The third kappa shape index (κ3) is 4.75. The van der Waals surface area contributed by atoms with E-state index in [9.17, 15) is 13.2 Å². The van der Waals surface area contributed by atoms with Gasteiger partial charge in [0, 0.05) is 37.4 Å². The van der Waals surface area contributed by atoms with Gasteiger partial charge in [-0.2, -0.15) is 0 Å². The van der Waals surface area contributed by atoms with Crippen LogP contribution in [-0.4, -0.2) is 45.4 Å². The lowest BCUT2D eigenvalue weighted by molar-refractivity contribution is 0.0735. The van der Waals surface area contributed by atoms with Crippen molar-refractivity contribution in [2.45, 2.75) is 11.8 Å².